The molecule has 1 aliphatic rings. The molecule has 0 unspecified atom stereocenters. The van der Waals surface area contributed by atoms with E-state index >= 15 is 0 Å². The molecule has 146 valence electrons. The van der Waals surface area contributed by atoms with Crippen LogP contribution in [0.3, 0.4) is 0 Å². The third kappa shape index (κ3) is 3.24. The molecule has 0 spiro atoms. The summed E-state index contributed by atoms with van der Waals surface area (Å²) in [4.78, 5) is 20.5. The van der Waals surface area contributed by atoms with Crippen LogP contribution in [-0.4, -0.2) is 20.4 Å². The number of halogens is 1. The van der Waals surface area contributed by atoms with Gasteiger partial charge in [-0.2, -0.15) is 0 Å². The van der Waals surface area contributed by atoms with E-state index in [0.717, 1.165) is 23.4 Å². The second kappa shape index (κ2) is 7.27. The molecular weight excluding hydrogens is 378 g/mol. The summed E-state index contributed by atoms with van der Waals surface area (Å²) in [5.41, 5.74) is 13.6. The maximum Gasteiger partial charge on any atom is 0.276 e. The minimum Gasteiger partial charge on any atom is -0.382 e. The number of carbonyl (C=O) groups is 1. The summed E-state index contributed by atoms with van der Waals surface area (Å²) >= 11 is 5.89. The highest BCUT2D eigenvalue weighted by Gasteiger charge is 2.28. The van der Waals surface area contributed by atoms with E-state index in [1.54, 1.807) is 0 Å². The highest BCUT2D eigenvalue weighted by atomic mass is 35.5. The van der Waals surface area contributed by atoms with Crippen LogP contribution in [0, 0.1) is 5.92 Å². The van der Waals surface area contributed by atoms with Crippen molar-refractivity contribution in [3.8, 4) is 0 Å². The van der Waals surface area contributed by atoms with E-state index in [2.05, 4.69) is 36.6 Å². The summed E-state index contributed by atoms with van der Waals surface area (Å²) in [7, 11) is 2.01. The Morgan fingerprint density at radius 3 is 2.75 bits per heavy atom. The predicted octanol–water partition coefficient (Wildman–Crippen LogP) is 1.80. The Morgan fingerprint density at radius 2 is 2.04 bits per heavy atom. The number of anilines is 2. The number of imidazole rings is 1. The quantitative estimate of drug-likeness (QED) is 0.565. The van der Waals surface area contributed by atoms with Crippen molar-refractivity contribution in [2.24, 2.45) is 13.0 Å². The monoisotopic (exact) mass is 400 g/mol. The van der Waals surface area contributed by atoms with E-state index in [1.807, 2.05) is 19.2 Å². The number of benzene rings is 1. The van der Waals surface area contributed by atoms with E-state index in [9.17, 15) is 4.79 Å². The Kier molecular flexibility index (Phi) is 4.80. The smallest absolute Gasteiger partial charge is 0.276 e. The Hall–Kier alpha value is -2.87. The number of aryl methyl sites for hydroxylation is 1. The molecule has 3 aromatic rings. The van der Waals surface area contributed by atoms with Gasteiger partial charge in [-0.05, 0) is 30.9 Å². The highest BCUT2D eigenvalue weighted by molar-refractivity contribution is 6.31. The molecule has 1 saturated carbocycles. The number of nitrogens with zero attached hydrogens (tertiary/aromatic N) is 4. The van der Waals surface area contributed by atoms with Gasteiger partial charge in [0.05, 0.1) is 13.6 Å². The van der Waals surface area contributed by atoms with Crippen molar-refractivity contribution in [2.75, 3.05) is 11.5 Å². The van der Waals surface area contributed by atoms with Gasteiger partial charge in [-0.3, -0.25) is 4.79 Å². The average molecular weight is 401 g/mol. The lowest BCUT2D eigenvalue weighted by atomic mass is 9.85. The first-order valence-electron chi connectivity index (χ1n) is 9.28. The predicted molar refractivity (Wildman–Crippen MR) is 107 cm³/mol. The van der Waals surface area contributed by atoms with E-state index < -0.39 is 5.91 Å². The molecule has 28 heavy (non-hydrogen) atoms. The second-order valence-corrected chi connectivity index (χ2v) is 7.55. The molecule has 9 heteroatoms. The number of nitrogen functional groups attached to an aromatic ring is 2. The SMILES string of the molecule is C[n+]1c(CNC(=O)c2nc(Cl)c(N)nc2N)n(CC2CCC2)c2ccccc21. The fraction of sp³-hybridized carbons (Fsp3) is 0.368. The number of fused-ring (bicyclic) bond motifs is 1. The zero-order valence-electron chi connectivity index (χ0n) is 15.7. The first kappa shape index (κ1) is 18.5. The Morgan fingerprint density at radius 1 is 1.29 bits per heavy atom. The molecule has 0 radical (unpaired) electrons. The minimum atomic E-state index is -0.438. The number of nitrogens with two attached hydrogens (primary N) is 2. The van der Waals surface area contributed by atoms with Crippen LogP contribution in [0.15, 0.2) is 24.3 Å². The van der Waals surface area contributed by atoms with Gasteiger partial charge in [-0.25, -0.2) is 19.1 Å². The van der Waals surface area contributed by atoms with Crippen LogP contribution in [0.5, 0.6) is 0 Å². The number of rotatable bonds is 5. The van der Waals surface area contributed by atoms with Gasteiger partial charge in [0.2, 0.25) is 0 Å². The molecule has 4 rings (SSSR count). The number of aromatic nitrogens is 4. The fourth-order valence-corrected chi connectivity index (χ4v) is 3.76. The van der Waals surface area contributed by atoms with Crippen molar-refractivity contribution in [3.05, 3.63) is 40.9 Å². The molecule has 2 heterocycles. The second-order valence-electron chi connectivity index (χ2n) is 7.19. The lowest BCUT2D eigenvalue weighted by Crippen LogP contribution is -2.38. The highest BCUT2D eigenvalue weighted by Crippen LogP contribution is 2.29. The van der Waals surface area contributed by atoms with Crippen molar-refractivity contribution in [3.63, 3.8) is 0 Å². The fourth-order valence-electron chi connectivity index (χ4n) is 3.64. The number of nitrogens with one attached hydrogen (secondary N) is 1. The summed E-state index contributed by atoms with van der Waals surface area (Å²) < 4.78 is 4.41. The topological polar surface area (TPSA) is 116 Å². The number of carbonyl (C=O) groups excluding carboxylic acids is 1. The van der Waals surface area contributed by atoms with Crippen molar-refractivity contribution in [1.82, 2.24) is 19.9 Å². The molecule has 5 N–H and O–H groups in total. The molecule has 0 saturated heterocycles. The normalized spacial score (nSPS) is 14.2. The van der Waals surface area contributed by atoms with E-state index in [-0.39, 0.29) is 22.5 Å². The molecule has 8 nitrogen and oxygen atoms in total. The van der Waals surface area contributed by atoms with E-state index in [4.69, 9.17) is 23.1 Å². The largest absolute Gasteiger partial charge is 0.382 e. The van der Waals surface area contributed by atoms with Crippen LogP contribution in [0.1, 0.15) is 35.6 Å². The van der Waals surface area contributed by atoms with Crippen molar-refractivity contribution < 1.29 is 9.36 Å². The van der Waals surface area contributed by atoms with Crippen LogP contribution >= 0.6 is 11.6 Å². The van der Waals surface area contributed by atoms with Crippen LogP contribution < -0.4 is 21.4 Å². The first-order chi connectivity index (χ1) is 13.5. The summed E-state index contributed by atoms with van der Waals surface area (Å²) in [6.45, 7) is 1.28. The van der Waals surface area contributed by atoms with Gasteiger partial charge < -0.3 is 16.8 Å². The third-order valence-electron chi connectivity index (χ3n) is 5.43. The summed E-state index contributed by atoms with van der Waals surface area (Å²) in [5, 5.41) is 2.85. The number of para-hydroxylation sites is 2. The molecule has 0 bridgehead atoms. The van der Waals surface area contributed by atoms with Crippen LogP contribution in [-0.2, 0) is 20.1 Å². The third-order valence-corrected chi connectivity index (χ3v) is 5.70. The molecule has 0 aliphatic heterocycles. The number of hydrogen-bond acceptors (Lipinski definition) is 5. The molecule has 2 aromatic heterocycles. The summed E-state index contributed by atoms with van der Waals surface area (Å²) in [6.07, 6.45) is 3.79. The van der Waals surface area contributed by atoms with Gasteiger partial charge in [0, 0.05) is 0 Å². The van der Waals surface area contributed by atoms with Gasteiger partial charge >= 0.3 is 0 Å². The molecule has 0 atom stereocenters. The van der Waals surface area contributed by atoms with Gasteiger partial charge in [0.15, 0.2) is 33.5 Å². The Balaban J connectivity index is 1.62. The van der Waals surface area contributed by atoms with Gasteiger partial charge in [0.1, 0.15) is 6.54 Å². The maximum atomic E-state index is 12.6. The lowest BCUT2D eigenvalue weighted by Gasteiger charge is -2.23. The van der Waals surface area contributed by atoms with Crippen molar-refractivity contribution in [1.29, 1.82) is 0 Å². The number of hydrogen-bond donors (Lipinski definition) is 3. The Bertz CT molecular complexity index is 1060. The molecule has 1 aliphatic carbocycles. The first-order valence-corrected chi connectivity index (χ1v) is 9.66. The molecular formula is C19H23ClN7O+. The zero-order chi connectivity index (χ0) is 19.8. The summed E-state index contributed by atoms with van der Waals surface area (Å²) in [6, 6.07) is 8.25. The van der Waals surface area contributed by atoms with Gasteiger partial charge in [0.25, 0.3) is 11.7 Å². The standard InChI is InChI=1S/C19H22ClN7O/c1-26-12-7-2-3-8-13(12)27(10-11-5-4-6-11)14(26)9-23-19(28)15-17(21)25-18(22)16(20)24-15/h2-3,7-8,11H,4-6,9-10H2,1H3,(H4-,21,22,23,25,28)/p+1. The molecule has 1 fully saturated rings. The van der Waals surface area contributed by atoms with Crippen molar-refractivity contribution in [2.45, 2.75) is 32.4 Å². The maximum absolute atomic E-state index is 12.6. The van der Waals surface area contributed by atoms with Gasteiger partial charge in [-0.15, -0.1) is 0 Å². The van der Waals surface area contributed by atoms with Crippen LogP contribution in [0.4, 0.5) is 11.6 Å². The van der Waals surface area contributed by atoms with E-state index in [0.29, 0.717) is 12.5 Å². The summed E-state index contributed by atoms with van der Waals surface area (Å²) in [5.74, 6) is 1.21. The van der Waals surface area contributed by atoms with Gasteiger partial charge in [-0.1, -0.05) is 30.2 Å². The zero-order valence-corrected chi connectivity index (χ0v) is 16.4. The lowest BCUT2D eigenvalue weighted by molar-refractivity contribution is -0.654. The average Bonchev–Trinajstić information content (AvgIpc) is 2.91. The van der Waals surface area contributed by atoms with Crippen LogP contribution in [0.25, 0.3) is 11.0 Å². The van der Waals surface area contributed by atoms with Crippen LogP contribution in [0.2, 0.25) is 5.15 Å². The molecule has 1 aromatic carbocycles. The van der Waals surface area contributed by atoms with Crippen molar-refractivity contribution >= 4 is 40.2 Å². The Labute approximate surface area is 167 Å². The van der Waals surface area contributed by atoms with E-state index in [1.165, 1.54) is 19.3 Å². The molecule has 1 amide bonds. The minimum absolute atomic E-state index is 0.00254. The number of amides is 1.